The molecule has 0 saturated carbocycles. The number of pyridine rings is 1. The number of aromatic nitrogens is 2. The largest absolute Gasteiger partial charge is 0.381 e. The minimum Gasteiger partial charge on any atom is -0.381 e. The number of amides is 1. The summed E-state index contributed by atoms with van der Waals surface area (Å²) < 4.78 is 61.5. The molecule has 8 nitrogen and oxygen atoms in total. The quantitative estimate of drug-likeness (QED) is 0.528. The highest BCUT2D eigenvalue weighted by molar-refractivity contribution is 7.89. The van der Waals surface area contributed by atoms with E-state index in [1.165, 1.54) is 18.2 Å². The predicted octanol–water partition coefficient (Wildman–Crippen LogP) is 3.20. The number of carbonyl (C=O) groups is 1. The number of halogens is 2. The zero-order valence-corrected chi connectivity index (χ0v) is 19.0. The van der Waals surface area contributed by atoms with Gasteiger partial charge in [0.05, 0.1) is 22.5 Å². The van der Waals surface area contributed by atoms with E-state index in [2.05, 4.69) is 4.98 Å². The summed E-state index contributed by atoms with van der Waals surface area (Å²) in [5.41, 5.74) is 7.55. The van der Waals surface area contributed by atoms with Crippen molar-refractivity contribution in [2.45, 2.75) is 43.9 Å². The average molecular weight is 479 g/mol. The molecule has 1 saturated heterocycles. The van der Waals surface area contributed by atoms with Gasteiger partial charge in [-0.25, -0.2) is 17.2 Å². The number of nitrogens with zero attached hydrogens (tertiary/aromatic N) is 2. The van der Waals surface area contributed by atoms with E-state index in [-0.39, 0.29) is 22.2 Å². The van der Waals surface area contributed by atoms with E-state index in [1.807, 2.05) is 9.29 Å². The Morgan fingerprint density at radius 3 is 2.58 bits per heavy atom. The average Bonchev–Trinajstić information content (AvgIpc) is 3.08. The minimum atomic E-state index is -4.10. The van der Waals surface area contributed by atoms with Crippen LogP contribution in [0.2, 0.25) is 0 Å². The van der Waals surface area contributed by atoms with Gasteiger partial charge >= 0.3 is 0 Å². The summed E-state index contributed by atoms with van der Waals surface area (Å²) in [7, 11) is -4.10. The highest BCUT2D eigenvalue weighted by Gasteiger charge is 2.29. The van der Waals surface area contributed by atoms with Gasteiger partial charge in [0.25, 0.3) is 5.91 Å². The van der Waals surface area contributed by atoms with Gasteiger partial charge in [0.2, 0.25) is 10.0 Å². The molecule has 0 aliphatic carbocycles. The molecule has 1 atom stereocenters. The molecular weight excluding hydrogens is 454 g/mol. The Bertz CT molecular complexity index is 1310. The number of hydrogen-bond acceptors (Lipinski definition) is 5. The van der Waals surface area contributed by atoms with Gasteiger partial charge in [-0.2, -0.15) is 4.72 Å². The van der Waals surface area contributed by atoms with Crippen LogP contribution in [0.4, 0.5) is 8.78 Å². The van der Waals surface area contributed by atoms with E-state index in [0.717, 1.165) is 13.1 Å². The summed E-state index contributed by atoms with van der Waals surface area (Å²) in [5.74, 6) is -1.23. The Hall–Kier alpha value is -2.89. The van der Waals surface area contributed by atoms with E-state index in [1.54, 1.807) is 13.0 Å². The SMILES string of the molecule is Cc1cc2c(cc1F)c(C(N)=O)c(-c1ccc(S(=O)(=O)N[C@@H](C)F)cn1)n2C1CCOCC1. The number of ether oxygens (including phenoxy) is 1. The number of alkyl halides is 1. The topological polar surface area (TPSA) is 116 Å². The molecule has 0 radical (unpaired) electrons. The molecule has 176 valence electrons. The van der Waals surface area contributed by atoms with Gasteiger partial charge in [-0.3, -0.25) is 9.78 Å². The van der Waals surface area contributed by atoms with Gasteiger partial charge in [0.1, 0.15) is 10.7 Å². The number of rotatable bonds is 6. The summed E-state index contributed by atoms with van der Waals surface area (Å²) in [6.07, 6.45) is 0.639. The molecule has 1 aromatic carbocycles. The third-order valence-electron chi connectivity index (χ3n) is 5.69. The molecule has 0 bridgehead atoms. The van der Waals surface area contributed by atoms with Gasteiger partial charge < -0.3 is 15.0 Å². The van der Waals surface area contributed by atoms with E-state index in [0.29, 0.717) is 48.2 Å². The molecule has 3 N–H and O–H groups in total. The number of aryl methyl sites for hydroxylation is 1. The fourth-order valence-corrected chi connectivity index (χ4v) is 5.22. The van der Waals surface area contributed by atoms with E-state index in [9.17, 15) is 22.0 Å². The van der Waals surface area contributed by atoms with Crippen LogP contribution in [0.3, 0.4) is 0 Å². The first kappa shape index (κ1) is 23.3. The molecule has 0 unspecified atom stereocenters. The van der Waals surface area contributed by atoms with Gasteiger partial charge in [0, 0.05) is 30.8 Å². The summed E-state index contributed by atoms with van der Waals surface area (Å²) >= 11 is 0. The lowest BCUT2D eigenvalue weighted by Crippen LogP contribution is -2.29. The molecule has 3 aromatic rings. The van der Waals surface area contributed by atoms with Crippen LogP contribution >= 0.6 is 0 Å². The summed E-state index contributed by atoms with van der Waals surface area (Å²) in [6, 6.07) is 5.59. The van der Waals surface area contributed by atoms with Crippen molar-refractivity contribution in [3.05, 3.63) is 47.4 Å². The normalized spacial score (nSPS) is 16.2. The maximum atomic E-state index is 14.5. The zero-order chi connectivity index (χ0) is 23.9. The van der Waals surface area contributed by atoms with Crippen LogP contribution in [0.25, 0.3) is 22.3 Å². The number of nitrogens with two attached hydrogens (primary N) is 1. The second-order valence-corrected chi connectivity index (χ2v) is 9.75. The molecule has 2 aromatic heterocycles. The Morgan fingerprint density at radius 1 is 1.30 bits per heavy atom. The Labute approximate surface area is 189 Å². The number of hydrogen-bond donors (Lipinski definition) is 2. The maximum Gasteiger partial charge on any atom is 0.251 e. The number of sulfonamides is 1. The van der Waals surface area contributed by atoms with Crippen LogP contribution in [-0.2, 0) is 14.8 Å². The van der Waals surface area contributed by atoms with Crippen molar-refractivity contribution >= 4 is 26.8 Å². The first-order valence-electron chi connectivity index (χ1n) is 10.4. The van der Waals surface area contributed by atoms with Crippen molar-refractivity contribution in [2.75, 3.05) is 13.2 Å². The second kappa shape index (κ2) is 8.81. The fraction of sp³-hybridized carbons (Fsp3) is 0.364. The third kappa shape index (κ3) is 4.35. The molecule has 4 rings (SSSR count). The molecule has 1 amide bonds. The molecule has 1 aliphatic heterocycles. The van der Waals surface area contributed by atoms with Crippen LogP contribution in [0, 0.1) is 12.7 Å². The van der Waals surface area contributed by atoms with E-state index in [4.69, 9.17) is 10.5 Å². The van der Waals surface area contributed by atoms with Crippen molar-refractivity contribution in [1.29, 1.82) is 0 Å². The smallest absolute Gasteiger partial charge is 0.251 e. The Balaban J connectivity index is 1.96. The number of carbonyl (C=O) groups excluding carboxylic acids is 1. The summed E-state index contributed by atoms with van der Waals surface area (Å²) in [5, 5.41) is 0.360. The van der Waals surface area contributed by atoms with Crippen molar-refractivity contribution < 1.29 is 26.7 Å². The molecular formula is C22H24F2N4O4S. The first-order chi connectivity index (χ1) is 15.6. The Morgan fingerprint density at radius 2 is 2.00 bits per heavy atom. The van der Waals surface area contributed by atoms with Crippen LogP contribution in [0.1, 0.15) is 41.7 Å². The maximum absolute atomic E-state index is 14.5. The highest BCUT2D eigenvalue weighted by Crippen LogP contribution is 2.39. The van der Waals surface area contributed by atoms with E-state index >= 15 is 0 Å². The predicted molar refractivity (Wildman–Crippen MR) is 118 cm³/mol. The summed E-state index contributed by atoms with van der Waals surface area (Å²) in [4.78, 5) is 16.6. The van der Waals surface area contributed by atoms with Crippen molar-refractivity contribution in [3.8, 4) is 11.4 Å². The van der Waals surface area contributed by atoms with Gasteiger partial charge in [-0.15, -0.1) is 0 Å². The fourth-order valence-electron chi connectivity index (χ4n) is 4.22. The zero-order valence-electron chi connectivity index (χ0n) is 18.1. The molecule has 0 spiro atoms. The van der Waals surface area contributed by atoms with Crippen LogP contribution in [0.15, 0.2) is 35.4 Å². The lowest BCUT2D eigenvalue weighted by atomic mass is 10.1. The molecule has 1 aliphatic rings. The van der Waals surface area contributed by atoms with Gasteiger partial charge in [-0.05, 0) is 56.5 Å². The van der Waals surface area contributed by atoms with E-state index < -0.39 is 28.0 Å². The van der Waals surface area contributed by atoms with Gasteiger partial charge in [0.15, 0.2) is 6.30 Å². The molecule has 11 heteroatoms. The van der Waals surface area contributed by atoms with Gasteiger partial charge in [-0.1, -0.05) is 0 Å². The van der Waals surface area contributed by atoms with Crippen molar-refractivity contribution in [3.63, 3.8) is 0 Å². The standard InChI is InChI=1S/C22H24F2N4O4S/c1-12-9-19-16(10-17(12)24)20(22(25)29)21(28(19)14-5-7-32-8-6-14)18-4-3-15(11-26-18)33(30,31)27-13(2)23/h3-4,9-11,13-14,27H,5-8H2,1-2H3,(H2,25,29)/t13-/m0/s1. The van der Waals surface area contributed by atoms with Crippen LogP contribution in [-0.4, -0.2) is 43.4 Å². The van der Waals surface area contributed by atoms with Crippen molar-refractivity contribution in [2.24, 2.45) is 5.73 Å². The van der Waals surface area contributed by atoms with Crippen LogP contribution in [0.5, 0.6) is 0 Å². The number of nitrogens with one attached hydrogen (secondary N) is 1. The number of benzene rings is 1. The van der Waals surface area contributed by atoms with Crippen LogP contribution < -0.4 is 10.5 Å². The molecule has 33 heavy (non-hydrogen) atoms. The second-order valence-electron chi connectivity index (χ2n) is 8.04. The number of primary amides is 1. The summed E-state index contributed by atoms with van der Waals surface area (Å²) in [6.45, 7) is 3.74. The number of fused-ring (bicyclic) bond motifs is 1. The lowest BCUT2D eigenvalue weighted by Gasteiger charge is -2.27. The highest BCUT2D eigenvalue weighted by atomic mass is 32.2. The third-order valence-corrected chi connectivity index (χ3v) is 7.19. The Kier molecular flexibility index (Phi) is 6.21. The first-order valence-corrected chi connectivity index (χ1v) is 11.9. The monoisotopic (exact) mass is 478 g/mol. The lowest BCUT2D eigenvalue weighted by molar-refractivity contribution is 0.0710. The minimum absolute atomic E-state index is 0.0616. The molecule has 1 fully saturated rings. The molecule has 3 heterocycles. The van der Waals surface area contributed by atoms with Crippen molar-refractivity contribution in [1.82, 2.24) is 14.3 Å².